The topological polar surface area (TPSA) is 53.6 Å². The van der Waals surface area contributed by atoms with Crippen molar-refractivity contribution in [1.29, 1.82) is 0 Å². The summed E-state index contributed by atoms with van der Waals surface area (Å²) in [6.45, 7) is 2.34. The minimum atomic E-state index is -0.228. The maximum absolute atomic E-state index is 13.9. The molecule has 0 bridgehead atoms. The van der Waals surface area contributed by atoms with Gasteiger partial charge >= 0.3 is 0 Å². The molecule has 25 heavy (non-hydrogen) atoms. The Bertz CT molecular complexity index is 1020. The van der Waals surface area contributed by atoms with E-state index in [9.17, 15) is 4.39 Å². The zero-order valence-corrected chi connectivity index (χ0v) is 13.8. The molecule has 4 nitrogen and oxygen atoms in total. The molecule has 0 saturated carbocycles. The molecule has 0 fully saturated rings. The number of aromatic amines is 1. The SMILES string of the molecule is Cc1cc2c(NCc3ccccc3F)nc(-c3ccccc3)nc2[nH]1. The van der Waals surface area contributed by atoms with Crippen LogP contribution in [0.5, 0.6) is 0 Å². The lowest BCUT2D eigenvalue weighted by molar-refractivity contribution is 0.613. The lowest BCUT2D eigenvalue weighted by atomic mass is 10.2. The van der Waals surface area contributed by atoms with Crippen LogP contribution in [0.2, 0.25) is 0 Å². The van der Waals surface area contributed by atoms with Crippen LogP contribution in [0, 0.1) is 12.7 Å². The molecular formula is C20H17FN4. The molecule has 0 amide bonds. The number of anilines is 1. The first-order valence-electron chi connectivity index (χ1n) is 8.11. The number of benzene rings is 2. The summed E-state index contributed by atoms with van der Waals surface area (Å²) in [4.78, 5) is 12.5. The number of hydrogen-bond acceptors (Lipinski definition) is 3. The fourth-order valence-corrected chi connectivity index (χ4v) is 2.81. The average molecular weight is 332 g/mol. The van der Waals surface area contributed by atoms with Crippen molar-refractivity contribution >= 4 is 16.9 Å². The first-order valence-corrected chi connectivity index (χ1v) is 8.11. The largest absolute Gasteiger partial charge is 0.365 e. The number of aryl methyl sites for hydroxylation is 1. The maximum Gasteiger partial charge on any atom is 0.163 e. The summed E-state index contributed by atoms with van der Waals surface area (Å²) in [5, 5.41) is 4.15. The Morgan fingerprint density at radius 1 is 1.00 bits per heavy atom. The second kappa shape index (κ2) is 6.36. The van der Waals surface area contributed by atoms with Crippen LogP contribution >= 0.6 is 0 Å². The number of rotatable bonds is 4. The van der Waals surface area contributed by atoms with Crippen LogP contribution in [0.25, 0.3) is 22.4 Å². The molecule has 0 aliphatic heterocycles. The van der Waals surface area contributed by atoms with Crippen molar-refractivity contribution in [2.45, 2.75) is 13.5 Å². The van der Waals surface area contributed by atoms with Gasteiger partial charge in [0.05, 0.1) is 5.39 Å². The van der Waals surface area contributed by atoms with Gasteiger partial charge in [-0.05, 0) is 19.1 Å². The number of hydrogen-bond donors (Lipinski definition) is 2. The third-order valence-corrected chi connectivity index (χ3v) is 4.06. The Kier molecular flexibility index (Phi) is 3.90. The molecule has 0 unspecified atom stereocenters. The van der Waals surface area contributed by atoms with Gasteiger partial charge in [0.2, 0.25) is 0 Å². The molecule has 5 heteroatoms. The number of nitrogens with one attached hydrogen (secondary N) is 2. The molecule has 0 atom stereocenters. The first-order chi connectivity index (χ1) is 12.2. The summed E-state index contributed by atoms with van der Waals surface area (Å²) in [6, 6.07) is 18.5. The predicted molar refractivity (Wildman–Crippen MR) is 97.8 cm³/mol. The number of nitrogens with zero attached hydrogens (tertiary/aromatic N) is 2. The van der Waals surface area contributed by atoms with Crippen LogP contribution in [0.1, 0.15) is 11.3 Å². The van der Waals surface area contributed by atoms with E-state index < -0.39 is 0 Å². The van der Waals surface area contributed by atoms with Gasteiger partial charge in [-0.3, -0.25) is 0 Å². The zero-order chi connectivity index (χ0) is 17.2. The lowest BCUT2D eigenvalue weighted by Crippen LogP contribution is -2.05. The Hall–Kier alpha value is -3.21. The van der Waals surface area contributed by atoms with Crippen LogP contribution in [0.3, 0.4) is 0 Å². The fraction of sp³-hybridized carbons (Fsp3) is 0.100. The third-order valence-electron chi connectivity index (χ3n) is 4.06. The number of aromatic nitrogens is 3. The van der Waals surface area contributed by atoms with E-state index in [4.69, 9.17) is 0 Å². The second-order valence-electron chi connectivity index (χ2n) is 5.92. The molecule has 0 spiro atoms. The summed E-state index contributed by atoms with van der Waals surface area (Å²) in [5.74, 6) is 1.09. The van der Waals surface area contributed by atoms with Gasteiger partial charge in [-0.1, -0.05) is 48.5 Å². The fourth-order valence-electron chi connectivity index (χ4n) is 2.81. The Morgan fingerprint density at radius 3 is 2.56 bits per heavy atom. The summed E-state index contributed by atoms with van der Waals surface area (Å²) in [6.07, 6.45) is 0. The van der Waals surface area contributed by atoms with Crippen LogP contribution in [-0.2, 0) is 6.54 Å². The molecule has 0 aliphatic carbocycles. The number of H-pyrrole nitrogens is 1. The molecule has 124 valence electrons. The maximum atomic E-state index is 13.9. The standard InChI is InChI=1S/C20H17FN4/c1-13-11-16-19(22-12-15-9-5-6-10-17(15)21)24-18(25-20(16)23-13)14-7-3-2-4-8-14/h2-11H,12H2,1H3,(H2,22,23,24,25). The van der Waals surface area contributed by atoms with Gasteiger partial charge in [0.25, 0.3) is 0 Å². The van der Waals surface area contributed by atoms with Crippen LogP contribution < -0.4 is 5.32 Å². The Balaban J connectivity index is 1.75. The Labute approximate surface area is 144 Å². The van der Waals surface area contributed by atoms with Gasteiger partial charge < -0.3 is 10.3 Å². The van der Waals surface area contributed by atoms with Crippen LogP contribution in [0.4, 0.5) is 10.2 Å². The predicted octanol–water partition coefficient (Wildman–Crippen LogP) is 4.68. The van der Waals surface area contributed by atoms with E-state index in [1.54, 1.807) is 12.1 Å². The van der Waals surface area contributed by atoms with Crippen molar-refractivity contribution in [1.82, 2.24) is 15.0 Å². The van der Waals surface area contributed by atoms with Gasteiger partial charge in [-0.25, -0.2) is 14.4 Å². The van der Waals surface area contributed by atoms with E-state index >= 15 is 0 Å². The molecule has 0 saturated heterocycles. The van der Waals surface area contributed by atoms with Crippen molar-refractivity contribution in [3.05, 3.63) is 77.7 Å². The molecule has 0 aliphatic rings. The summed E-state index contributed by atoms with van der Waals surface area (Å²) in [5.41, 5.74) is 3.30. The van der Waals surface area contributed by atoms with Crippen molar-refractivity contribution in [2.24, 2.45) is 0 Å². The Morgan fingerprint density at radius 2 is 1.76 bits per heavy atom. The highest BCUT2D eigenvalue weighted by Crippen LogP contribution is 2.26. The molecule has 4 aromatic rings. The molecule has 4 rings (SSSR count). The van der Waals surface area contributed by atoms with Crippen molar-refractivity contribution in [3.8, 4) is 11.4 Å². The molecular weight excluding hydrogens is 315 g/mol. The van der Waals surface area contributed by atoms with Gasteiger partial charge in [0, 0.05) is 23.4 Å². The van der Waals surface area contributed by atoms with Gasteiger partial charge in [-0.2, -0.15) is 0 Å². The summed E-state index contributed by atoms with van der Waals surface area (Å²) < 4.78 is 13.9. The molecule has 2 aromatic carbocycles. The van der Waals surface area contributed by atoms with Crippen molar-refractivity contribution in [2.75, 3.05) is 5.32 Å². The van der Waals surface area contributed by atoms with E-state index in [0.29, 0.717) is 23.8 Å². The quantitative estimate of drug-likeness (QED) is 0.570. The summed E-state index contributed by atoms with van der Waals surface area (Å²) in [7, 11) is 0. The minimum Gasteiger partial charge on any atom is -0.365 e. The van der Waals surface area contributed by atoms with Crippen LogP contribution in [-0.4, -0.2) is 15.0 Å². The lowest BCUT2D eigenvalue weighted by Gasteiger charge is -2.09. The average Bonchev–Trinajstić information content (AvgIpc) is 3.02. The van der Waals surface area contributed by atoms with Gasteiger partial charge in [0.15, 0.2) is 5.82 Å². The van der Waals surface area contributed by atoms with Gasteiger partial charge in [-0.15, -0.1) is 0 Å². The normalized spacial score (nSPS) is 11.0. The number of halogens is 1. The third kappa shape index (κ3) is 3.08. The summed E-state index contributed by atoms with van der Waals surface area (Å²) >= 11 is 0. The molecule has 2 heterocycles. The van der Waals surface area contributed by atoms with E-state index in [2.05, 4.69) is 20.3 Å². The van der Waals surface area contributed by atoms with E-state index in [0.717, 1.165) is 22.3 Å². The molecule has 2 N–H and O–H groups in total. The zero-order valence-electron chi connectivity index (χ0n) is 13.8. The second-order valence-corrected chi connectivity index (χ2v) is 5.92. The monoisotopic (exact) mass is 332 g/mol. The molecule has 0 radical (unpaired) electrons. The smallest absolute Gasteiger partial charge is 0.163 e. The van der Waals surface area contributed by atoms with Crippen molar-refractivity contribution < 1.29 is 4.39 Å². The molecule has 2 aromatic heterocycles. The minimum absolute atomic E-state index is 0.228. The van der Waals surface area contributed by atoms with E-state index in [1.807, 2.05) is 49.4 Å². The van der Waals surface area contributed by atoms with E-state index in [1.165, 1.54) is 6.07 Å². The van der Waals surface area contributed by atoms with Crippen molar-refractivity contribution in [3.63, 3.8) is 0 Å². The number of fused-ring (bicyclic) bond motifs is 1. The highest BCUT2D eigenvalue weighted by molar-refractivity contribution is 5.89. The highest BCUT2D eigenvalue weighted by Gasteiger charge is 2.12. The van der Waals surface area contributed by atoms with Gasteiger partial charge in [0.1, 0.15) is 17.3 Å². The first kappa shape index (κ1) is 15.3. The highest BCUT2D eigenvalue weighted by atomic mass is 19.1. The van der Waals surface area contributed by atoms with E-state index in [-0.39, 0.29) is 5.82 Å². The van der Waals surface area contributed by atoms with Crippen LogP contribution in [0.15, 0.2) is 60.7 Å².